The number of anilines is 1. The van der Waals surface area contributed by atoms with Gasteiger partial charge < -0.3 is 10.6 Å². The molecule has 4 N–H and O–H groups in total. The van der Waals surface area contributed by atoms with Gasteiger partial charge in [0.05, 0.1) is 4.90 Å². The Kier molecular flexibility index (Phi) is 7.53. The van der Waals surface area contributed by atoms with Gasteiger partial charge in [0.15, 0.2) is 0 Å². The molecule has 0 unspecified atom stereocenters. The maximum Gasteiger partial charge on any atom is 0.267 e. The molecule has 0 aliphatic carbocycles. The molecule has 0 bridgehead atoms. The summed E-state index contributed by atoms with van der Waals surface area (Å²) in [6.07, 6.45) is 1.96. The van der Waals surface area contributed by atoms with Crippen LogP contribution in [0.15, 0.2) is 65.2 Å². The third-order valence-electron chi connectivity index (χ3n) is 4.25. The molecular weight excluding hydrogens is 388 g/mol. The molecule has 0 radical (unpaired) electrons. The van der Waals surface area contributed by atoms with Crippen molar-refractivity contribution in [3.05, 3.63) is 71.4 Å². The van der Waals surface area contributed by atoms with Crippen molar-refractivity contribution in [2.24, 2.45) is 5.14 Å². The monoisotopic (exact) mass is 412 g/mol. The molecule has 1 amide bonds. The first kappa shape index (κ1) is 22.1. The van der Waals surface area contributed by atoms with E-state index in [0.717, 1.165) is 11.1 Å². The molecule has 0 aromatic heterocycles. The van der Waals surface area contributed by atoms with Crippen LogP contribution in [0.3, 0.4) is 0 Å². The molecule has 29 heavy (non-hydrogen) atoms. The maximum absolute atomic E-state index is 12.4. The van der Waals surface area contributed by atoms with Crippen molar-refractivity contribution >= 4 is 21.6 Å². The molecule has 0 spiro atoms. The number of carbonyl (C=O) groups is 1. The Hall–Kier alpha value is -3.15. The summed E-state index contributed by atoms with van der Waals surface area (Å²) in [6, 6.07) is 15.6. The van der Waals surface area contributed by atoms with Crippen LogP contribution in [0.4, 0.5) is 5.69 Å². The number of hydrogen-bond donors (Lipinski definition) is 3. The van der Waals surface area contributed by atoms with Gasteiger partial charge in [-0.15, -0.1) is 0 Å². The number of amides is 1. The summed E-state index contributed by atoms with van der Waals surface area (Å²) >= 11 is 0. The molecule has 0 heterocycles. The van der Waals surface area contributed by atoms with Crippen molar-refractivity contribution in [3.63, 3.8) is 0 Å². The van der Waals surface area contributed by atoms with Crippen molar-refractivity contribution < 1.29 is 13.2 Å². The van der Waals surface area contributed by atoms with Crippen LogP contribution in [0, 0.1) is 11.3 Å². The van der Waals surface area contributed by atoms with Crippen molar-refractivity contribution in [3.8, 4) is 6.07 Å². The minimum Gasteiger partial charge on any atom is -0.389 e. The van der Waals surface area contributed by atoms with E-state index in [-0.39, 0.29) is 16.4 Å². The van der Waals surface area contributed by atoms with Gasteiger partial charge in [0.1, 0.15) is 11.6 Å². The number of nitriles is 1. The van der Waals surface area contributed by atoms with Gasteiger partial charge in [-0.25, -0.2) is 13.6 Å². The zero-order chi connectivity index (χ0) is 21.4. The predicted octanol–water partition coefficient (Wildman–Crippen LogP) is 2.64. The third-order valence-corrected chi connectivity index (χ3v) is 5.18. The van der Waals surface area contributed by atoms with E-state index in [0.29, 0.717) is 18.7 Å². The molecule has 2 aromatic rings. The minimum absolute atomic E-state index is 0.0341. The summed E-state index contributed by atoms with van der Waals surface area (Å²) in [4.78, 5) is 12.5. The van der Waals surface area contributed by atoms with Gasteiger partial charge in [-0.2, -0.15) is 5.26 Å². The zero-order valence-electron chi connectivity index (χ0n) is 16.3. The van der Waals surface area contributed by atoms with Crippen LogP contribution in [0.1, 0.15) is 30.9 Å². The quantitative estimate of drug-likeness (QED) is 0.349. The lowest BCUT2D eigenvalue weighted by Crippen LogP contribution is -2.18. The summed E-state index contributed by atoms with van der Waals surface area (Å²) in [5.74, 6) is -0.245. The number of hydrogen-bond acceptors (Lipinski definition) is 5. The van der Waals surface area contributed by atoms with Crippen LogP contribution < -0.4 is 15.8 Å². The summed E-state index contributed by atoms with van der Waals surface area (Å²) in [5.41, 5.74) is 2.54. The average molecular weight is 413 g/mol. The molecule has 0 saturated heterocycles. The number of nitrogens with one attached hydrogen (secondary N) is 2. The Labute approximate surface area is 171 Å². The Bertz CT molecular complexity index is 1040. The van der Waals surface area contributed by atoms with Gasteiger partial charge in [0, 0.05) is 18.4 Å². The molecule has 8 heteroatoms. The van der Waals surface area contributed by atoms with Crippen molar-refractivity contribution in [2.45, 2.75) is 31.1 Å². The summed E-state index contributed by atoms with van der Waals surface area (Å²) in [5, 5.41) is 20.1. The van der Waals surface area contributed by atoms with Gasteiger partial charge >= 0.3 is 0 Å². The van der Waals surface area contributed by atoms with E-state index in [9.17, 15) is 18.5 Å². The lowest BCUT2D eigenvalue weighted by Gasteiger charge is -2.13. The van der Waals surface area contributed by atoms with Gasteiger partial charge in [-0.05, 0) is 41.7 Å². The first-order valence-corrected chi connectivity index (χ1v) is 10.6. The van der Waals surface area contributed by atoms with Crippen LogP contribution in [0.2, 0.25) is 0 Å². The van der Waals surface area contributed by atoms with E-state index in [1.54, 1.807) is 18.2 Å². The van der Waals surface area contributed by atoms with Gasteiger partial charge in [-0.1, -0.05) is 44.2 Å². The zero-order valence-corrected chi connectivity index (χ0v) is 17.2. The second kappa shape index (κ2) is 9.87. The number of para-hydroxylation sites is 1. The third kappa shape index (κ3) is 6.45. The van der Waals surface area contributed by atoms with E-state index in [4.69, 9.17) is 5.14 Å². The Morgan fingerprint density at radius 3 is 2.41 bits per heavy atom. The largest absolute Gasteiger partial charge is 0.389 e. The van der Waals surface area contributed by atoms with E-state index in [1.165, 1.54) is 18.3 Å². The molecule has 2 rings (SSSR count). The summed E-state index contributed by atoms with van der Waals surface area (Å²) in [7, 11) is -3.71. The predicted molar refractivity (Wildman–Crippen MR) is 112 cm³/mol. The molecule has 152 valence electrons. The first-order chi connectivity index (χ1) is 13.7. The fourth-order valence-corrected chi connectivity index (χ4v) is 3.20. The molecule has 7 nitrogen and oxygen atoms in total. The topological polar surface area (TPSA) is 125 Å². The smallest absolute Gasteiger partial charge is 0.267 e. The number of benzene rings is 2. The highest BCUT2D eigenvalue weighted by Crippen LogP contribution is 2.24. The molecular formula is C21H24N4O3S. The van der Waals surface area contributed by atoms with Crippen LogP contribution in [-0.2, 0) is 21.2 Å². The summed E-state index contributed by atoms with van der Waals surface area (Å²) in [6.45, 7) is 4.53. The maximum atomic E-state index is 12.4. The highest BCUT2D eigenvalue weighted by atomic mass is 32.2. The number of sulfonamides is 1. The molecule has 0 saturated carbocycles. The van der Waals surface area contributed by atoms with Gasteiger partial charge in [-0.3, -0.25) is 4.79 Å². The van der Waals surface area contributed by atoms with E-state index in [1.807, 2.05) is 38.1 Å². The second-order valence-corrected chi connectivity index (χ2v) is 8.32. The number of rotatable bonds is 8. The normalized spacial score (nSPS) is 11.8. The van der Waals surface area contributed by atoms with Crippen LogP contribution >= 0.6 is 0 Å². The highest BCUT2D eigenvalue weighted by Gasteiger charge is 2.13. The fourth-order valence-electron chi connectivity index (χ4n) is 2.69. The van der Waals surface area contributed by atoms with Crippen molar-refractivity contribution in [1.29, 1.82) is 5.26 Å². The van der Waals surface area contributed by atoms with Crippen LogP contribution in [0.25, 0.3) is 0 Å². The lowest BCUT2D eigenvalue weighted by atomic mass is 10.0. The molecule has 0 atom stereocenters. The Morgan fingerprint density at radius 2 is 1.83 bits per heavy atom. The highest BCUT2D eigenvalue weighted by molar-refractivity contribution is 7.89. The van der Waals surface area contributed by atoms with Gasteiger partial charge in [0.25, 0.3) is 5.91 Å². The molecule has 0 aliphatic rings. The molecule has 2 aromatic carbocycles. The number of primary sulfonamides is 1. The van der Waals surface area contributed by atoms with Crippen LogP contribution in [0.5, 0.6) is 0 Å². The number of carbonyl (C=O) groups excluding carboxylic acids is 1. The van der Waals surface area contributed by atoms with Crippen molar-refractivity contribution in [1.82, 2.24) is 5.32 Å². The molecule has 0 aliphatic heterocycles. The standard InChI is InChI=1S/C21H24N4O3S/c1-15(2)19-5-3-4-6-20(19)25-21(26)17(13-22)14-24-12-11-16-7-9-18(10-8-16)29(23,27)28/h3-10,14-15,24H,11-12H2,1-2H3,(H,25,26)(H2,23,27,28)/b17-14-. The number of nitrogens with zero attached hydrogens (tertiary/aromatic N) is 1. The van der Waals surface area contributed by atoms with E-state index >= 15 is 0 Å². The minimum atomic E-state index is -3.71. The Balaban J connectivity index is 1.95. The number of nitrogens with two attached hydrogens (primary N) is 1. The lowest BCUT2D eigenvalue weighted by molar-refractivity contribution is -0.112. The molecule has 0 fully saturated rings. The first-order valence-electron chi connectivity index (χ1n) is 9.08. The van der Waals surface area contributed by atoms with Crippen molar-refractivity contribution in [2.75, 3.05) is 11.9 Å². The average Bonchev–Trinajstić information content (AvgIpc) is 2.68. The van der Waals surface area contributed by atoms with Crippen LogP contribution in [-0.4, -0.2) is 20.9 Å². The SMILES string of the molecule is CC(C)c1ccccc1NC(=O)/C(C#N)=C\NCCc1ccc(S(N)(=O)=O)cc1. The fraction of sp³-hybridized carbons (Fsp3) is 0.238. The second-order valence-electron chi connectivity index (χ2n) is 6.76. The van der Waals surface area contributed by atoms with E-state index in [2.05, 4.69) is 10.6 Å². The Morgan fingerprint density at radius 1 is 1.17 bits per heavy atom. The van der Waals surface area contributed by atoms with Gasteiger partial charge in [0.2, 0.25) is 10.0 Å². The summed E-state index contributed by atoms with van der Waals surface area (Å²) < 4.78 is 22.5. The van der Waals surface area contributed by atoms with E-state index < -0.39 is 15.9 Å².